The summed E-state index contributed by atoms with van der Waals surface area (Å²) in [4.78, 5) is 34.0. The average Bonchev–Trinajstić information content (AvgIpc) is 2.78. The molecule has 0 aliphatic carbocycles. The second kappa shape index (κ2) is 5.40. The number of carbonyl (C=O) groups is 3. The van der Waals surface area contributed by atoms with Gasteiger partial charge in [0.15, 0.2) is 0 Å². The molecule has 2 rings (SSSR count). The quantitative estimate of drug-likeness (QED) is 0.781. The highest BCUT2D eigenvalue weighted by atomic mass is 79.9. The highest BCUT2D eigenvalue weighted by molar-refractivity contribution is 9.10. The maximum atomic E-state index is 11.9. The van der Waals surface area contributed by atoms with Crippen molar-refractivity contribution in [2.24, 2.45) is 0 Å². The number of aromatic carboxylic acids is 1. The van der Waals surface area contributed by atoms with Crippen molar-refractivity contribution in [2.45, 2.75) is 18.9 Å². The van der Waals surface area contributed by atoms with Crippen molar-refractivity contribution in [3.8, 4) is 0 Å². The van der Waals surface area contributed by atoms with E-state index in [2.05, 4.69) is 26.6 Å². The molecule has 1 saturated heterocycles. The van der Waals surface area contributed by atoms with E-state index in [1.807, 2.05) is 0 Å². The summed E-state index contributed by atoms with van der Waals surface area (Å²) in [7, 11) is 0. The zero-order chi connectivity index (χ0) is 14.0. The van der Waals surface area contributed by atoms with Crippen LogP contribution < -0.4 is 10.6 Å². The Bertz CT molecular complexity index is 559. The number of anilines is 1. The lowest BCUT2D eigenvalue weighted by Gasteiger charge is -2.12. The van der Waals surface area contributed by atoms with Crippen LogP contribution in [0.4, 0.5) is 5.69 Å². The molecule has 0 aromatic heterocycles. The van der Waals surface area contributed by atoms with E-state index < -0.39 is 17.9 Å². The number of rotatable bonds is 3. The third-order valence-corrected chi connectivity index (χ3v) is 3.27. The number of hydrogen-bond acceptors (Lipinski definition) is 3. The van der Waals surface area contributed by atoms with Crippen molar-refractivity contribution in [3.63, 3.8) is 0 Å². The lowest BCUT2D eigenvalue weighted by Crippen LogP contribution is -2.37. The number of amides is 2. The van der Waals surface area contributed by atoms with Gasteiger partial charge >= 0.3 is 5.97 Å². The van der Waals surface area contributed by atoms with E-state index in [1.54, 1.807) is 6.07 Å². The van der Waals surface area contributed by atoms with Gasteiger partial charge in [0.25, 0.3) is 0 Å². The van der Waals surface area contributed by atoms with E-state index in [0.29, 0.717) is 17.3 Å². The van der Waals surface area contributed by atoms with E-state index in [0.717, 1.165) is 0 Å². The summed E-state index contributed by atoms with van der Waals surface area (Å²) in [6.07, 6.45) is 0.730. The molecule has 3 N–H and O–H groups in total. The lowest BCUT2D eigenvalue weighted by atomic mass is 10.1. The molecule has 100 valence electrons. The number of halogens is 1. The standard InChI is InChI=1S/C12H11BrN2O4/c13-6-1-2-8(7(5-6)12(18)19)15-11(17)9-3-4-10(16)14-9/h1-2,5,9H,3-4H2,(H,14,16)(H,15,17)(H,18,19)/t9-/m0/s1. The molecule has 7 heteroatoms. The van der Waals surface area contributed by atoms with Crippen molar-refractivity contribution < 1.29 is 19.5 Å². The predicted octanol–water partition coefficient (Wildman–Crippen LogP) is 1.36. The molecule has 1 atom stereocenters. The molecular formula is C12H11BrN2O4. The zero-order valence-corrected chi connectivity index (χ0v) is 11.4. The maximum absolute atomic E-state index is 11.9. The molecule has 1 aromatic carbocycles. The topological polar surface area (TPSA) is 95.5 Å². The molecule has 19 heavy (non-hydrogen) atoms. The monoisotopic (exact) mass is 326 g/mol. The molecule has 1 aliphatic rings. The van der Waals surface area contributed by atoms with Crippen LogP contribution in [-0.2, 0) is 9.59 Å². The summed E-state index contributed by atoms with van der Waals surface area (Å²) in [5, 5.41) is 14.1. The van der Waals surface area contributed by atoms with E-state index in [9.17, 15) is 14.4 Å². The Morgan fingerprint density at radius 2 is 2.16 bits per heavy atom. The summed E-state index contributed by atoms with van der Waals surface area (Å²) in [5.74, 6) is -1.71. The SMILES string of the molecule is O=C1CC[C@@H](C(=O)Nc2ccc(Br)cc2C(=O)O)N1. The molecule has 0 radical (unpaired) electrons. The molecule has 6 nitrogen and oxygen atoms in total. The van der Waals surface area contributed by atoms with Gasteiger partial charge in [0, 0.05) is 10.9 Å². The number of nitrogens with one attached hydrogen (secondary N) is 2. The number of benzene rings is 1. The minimum atomic E-state index is -1.13. The van der Waals surface area contributed by atoms with Gasteiger partial charge in [-0.1, -0.05) is 15.9 Å². The Morgan fingerprint density at radius 1 is 1.42 bits per heavy atom. The van der Waals surface area contributed by atoms with Crippen molar-refractivity contribution in [3.05, 3.63) is 28.2 Å². The largest absolute Gasteiger partial charge is 0.478 e. The first-order chi connectivity index (χ1) is 8.97. The fraction of sp³-hybridized carbons (Fsp3) is 0.250. The first kappa shape index (κ1) is 13.5. The fourth-order valence-corrected chi connectivity index (χ4v) is 2.19. The third kappa shape index (κ3) is 3.11. The lowest BCUT2D eigenvalue weighted by molar-refractivity contribution is -0.122. The summed E-state index contributed by atoms with van der Waals surface area (Å²) < 4.78 is 0.608. The molecule has 0 saturated carbocycles. The van der Waals surface area contributed by atoms with Gasteiger partial charge in [-0.3, -0.25) is 9.59 Å². The summed E-state index contributed by atoms with van der Waals surface area (Å²) in [5.41, 5.74) is 0.203. The normalized spacial score (nSPS) is 17.9. The highest BCUT2D eigenvalue weighted by Crippen LogP contribution is 2.22. The minimum Gasteiger partial charge on any atom is -0.478 e. The van der Waals surface area contributed by atoms with Crippen LogP contribution in [0.2, 0.25) is 0 Å². The summed E-state index contributed by atoms with van der Waals surface area (Å²) >= 11 is 3.17. The zero-order valence-electron chi connectivity index (χ0n) is 9.77. The van der Waals surface area contributed by atoms with Crippen molar-refractivity contribution >= 4 is 39.4 Å². The van der Waals surface area contributed by atoms with Crippen LogP contribution in [0.3, 0.4) is 0 Å². The second-order valence-electron chi connectivity index (χ2n) is 4.14. The van der Waals surface area contributed by atoms with Gasteiger partial charge in [-0.25, -0.2) is 4.79 Å². The predicted molar refractivity (Wildman–Crippen MR) is 70.9 cm³/mol. The molecule has 1 heterocycles. The van der Waals surface area contributed by atoms with E-state index in [1.165, 1.54) is 12.1 Å². The maximum Gasteiger partial charge on any atom is 0.337 e. The van der Waals surface area contributed by atoms with E-state index >= 15 is 0 Å². The second-order valence-corrected chi connectivity index (χ2v) is 5.06. The van der Waals surface area contributed by atoms with Crippen LogP contribution in [0, 0.1) is 0 Å². The molecule has 1 aromatic rings. The van der Waals surface area contributed by atoms with E-state index in [-0.39, 0.29) is 17.2 Å². The van der Waals surface area contributed by atoms with Gasteiger partial charge in [-0.2, -0.15) is 0 Å². The Balaban J connectivity index is 2.17. The smallest absolute Gasteiger partial charge is 0.337 e. The number of carboxylic acid groups (broad SMARTS) is 1. The Morgan fingerprint density at radius 3 is 2.74 bits per heavy atom. The molecule has 2 amide bonds. The van der Waals surface area contributed by atoms with Crippen LogP contribution in [0.5, 0.6) is 0 Å². The van der Waals surface area contributed by atoms with Crippen LogP contribution >= 0.6 is 15.9 Å². The number of carbonyl (C=O) groups excluding carboxylic acids is 2. The van der Waals surface area contributed by atoms with Gasteiger partial charge in [0.2, 0.25) is 11.8 Å². The van der Waals surface area contributed by atoms with E-state index in [4.69, 9.17) is 5.11 Å². The number of carboxylic acids is 1. The molecular weight excluding hydrogens is 316 g/mol. The van der Waals surface area contributed by atoms with Crippen molar-refractivity contribution in [1.82, 2.24) is 5.32 Å². The van der Waals surface area contributed by atoms with Gasteiger partial charge in [-0.05, 0) is 24.6 Å². The molecule has 1 fully saturated rings. The summed E-state index contributed by atoms with van der Waals surface area (Å²) in [6.45, 7) is 0. The van der Waals surface area contributed by atoms with Gasteiger partial charge in [0.05, 0.1) is 11.3 Å². The van der Waals surface area contributed by atoms with Crippen LogP contribution in [0.15, 0.2) is 22.7 Å². The average molecular weight is 327 g/mol. The van der Waals surface area contributed by atoms with Crippen LogP contribution in [-0.4, -0.2) is 28.9 Å². The van der Waals surface area contributed by atoms with Crippen molar-refractivity contribution in [2.75, 3.05) is 5.32 Å². The van der Waals surface area contributed by atoms with Crippen molar-refractivity contribution in [1.29, 1.82) is 0 Å². The van der Waals surface area contributed by atoms with Gasteiger partial charge in [-0.15, -0.1) is 0 Å². The first-order valence-electron chi connectivity index (χ1n) is 5.60. The van der Waals surface area contributed by atoms with Gasteiger partial charge in [0.1, 0.15) is 6.04 Å². The Labute approximate surface area is 117 Å². The fourth-order valence-electron chi connectivity index (χ4n) is 1.83. The Kier molecular flexibility index (Phi) is 3.84. The molecule has 0 bridgehead atoms. The molecule has 0 unspecified atom stereocenters. The molecule has 1 aliphatic heterocycles. The van der Waals surface area contributed by atoms with Gasteiger partial charge < -0.3 is 15.7 Å². The number of hydrogen-bond donors (Lipinski definition) is 3. The summed E-state index contributed by atoms with van der Waals surface area (Å²) in [6, 6.07) is 3.95. The minimum absolute atomic E-state index is 0.00736. The first-order valence-corrected chi connectivity index (χ1v) is 6.40. The third-order valence-electron chi connectivity index (χ3n) is 2.78. The highest BCUT2D eigenvalue weighted by Gasteiger charge is 2.27. The molecule has 0 spiro atoms. The van der Waals surface area contributed by atoms with Crippen LogP contribution in [0.25, 0.3) is 0 Å². The Hall–Kier alpha value is -1.89. The van der Waals surface area contributed by atoms with Crippen LogP contribution in [0.1, 0.15) is 23.2 Å².